The van der Waals surface area contributed by atoms with Crippen molar-refractivity contribution in [3.63, 3.8) is 0 Å². The fourth-order valence-corrected chi connectivity index (χ4v) is 10.7. The number of halogens is 4. The predicted molar refractivity (Wildman–Crippen MR) is 87.2 cm³/mol. The van der Waals surface area contributed by atoms with Crippen molar-refractivity contribution in [2.75, 3.05) is 0 Å². The summed E-state index contributed by atoms with van der Waals surface area (Å²) in [5.74, 6) is 2.22. The van der Waals surface area contributed by atoms with Crippen LogP contribution in [-0.4, -0.2) is 23.2 Å². The van der Waals surface area contributed by atoms with E-state index in [-0.39, 0.29) is 7.92 Å². The van der Waals surface area contributed by atoms with Gasteiger partial charge in [0.2, 0.25) is 0 Å². The number of hydrogen-bond donors (Lipinski definition) is 0. The van der Waals surface area contributed by atoms with Gasteiger partial charge >= 0.3 is 7.25 Å². The highest BCUT2D eigenvalue weighted by Gasteiger charge is 2.55. The van der Waals surface area contributed by atoms with Gasteiger partial charge in [-0.15, -0.1) is 0 Å². The zero-order valence-corrected chi connectivity index (χ0v) is 15.1. The molecule has 0 amide bonds. The molecule has 2 saturated carbocycles. The molecule has 2 aliphatic carbocycles. The molecule has 126 valence electrons. The Kier molecular flexibility index (Phi) is 5.85. The largest absolute Gasteiger partial charge is 0.673 e. The van der Waals surface area contributed by atoms with Gasteiger partial charge in [-0.3, -0.25) is 0 Å². The van der Waals surface area contributed by atoms with Crippen LogP contribution < -0.4 is 0 Å². The van der Waals surface area contributed by atoms with Crippen molar-refractivity contribution in [1.82, 2.24) is 0 Å². The maximum Gasteiger partial charge on any atom is 0.673 e. The average Bonchev–Trinajstić information content (AvgIpc) is 2.70. The smallest absolute Gasteiger partial charge is 0.418 e. The van der Waals surface area contributed by atoms with E-state index in [1.54, 1.807) is 25.7 Å². The third-order valence-electron chi connectivity index (χ3n) is 4.72. The summed E-state index contributed by atoms with van der Waals surface area (Å²) in [5, 5.41) is 1.14. The van der Waals surface area contributed by atoms with E-state index in [4.69, 9.17) is 0 Å². The molecule has 2 aliphatic rings. The van der Waals surface area contributed by atoms with Crippen LogP contribution in [0.5, 0.6) is 0 Å². The highest BCUT2D eigenvalue weighted by atomic mass is 31.1. The highest BCUT2D eigenvalue weighted by Crippen LogP contribution is 2.69. The molecular weight excluding hydrogens is 298 g/mol. The Labute approximate surface area is 128 Å². The first-order chi connectivity index (χ1) is 9.19. The summed E-state index contributed by atoms with van der Waals surface area (Å²) in [6, 6.07) is 0. The van der Waals surface area contributed by atoms with E-state index < -0.39 is 7.25 Å². The van der Waals surface area contributed by atoms with Crippen LogP contribution in [0.4, 0.5) is 17.3 Å². The van der Waals surface area contributed by atoms with Crippen LogP contribution in [-0.2, 0) is 0 Å². The van der Waals surface area contributed by atoms with Crippen LogP contribution in [0.25, 0.3) is 0 Å². The van der Waals surface area contributed by atoms with Gasteiger partial charge in [-0.2, -0.15) is 0 Å². The lowest BCUT2D eigenvalue weighted by Gasteiger charge is -2.40. The molecule has 0 heterocycles. The maximum atomic E-state index is 9.75. The molecule has 6 heteroatoms. The minimum Gasteiger partial charge on any atom is -0.418 e. The fourth-order valence-electron chi connectivity index (χ4n) is 4.84. The maximum absolute atomic E-state index is 9.75. The second-order valence-electron chi connectivity index (χ2n) is 8.69. The van der Waals surface area contributed by atoms with Crippen LogP contribution in [0.15, 0.2) is 0 Å². The van der Waals surface area contributed by atoms with Gasteiger partial charge in [0.05, 0.1) is 16.0 Å². The van der Waals surface area contributed by atoms with Crippen molar-refractivity contribution < 1.29 is 17.3 Å². The monoisotopic (exact) mass is 328 g/mol. The Balaban J connectivity index is 0.000000383. The first-order valence-corrected chi connectivity index (χ1v) is 9.52. The summed E-state index contributed by atoms with van der Waals surface area (Å²) < 4.78 is 39.0. The molecule has 2 rings (SSSR count). The Morgan fingerprint density at radius 3 is 1.48 bits per heavy atom. The van der Waals surface area contributed by atoms with Crippen LogP contribution >= 0.6 is 7.92 Å². The third kappa shape index (κ3) is 6.08. The zero-order valence-electron chi connectivity index (χ0n) is 14.1. The third-order valence-corrected chi connectivity index (χ3v) is 9.41. The normalized spacial score (nSPS) is 29.6. The Hall–Kier alpha value is 0.215. The number of rotatable bonds is 1. The molecule has 0 nitrogen and oxygen atoms in total. The molecule has 2 bridgehead atoms. The topological polar surface area (TPSA) is 0 Å². The minimum absolute atomic E-state index is 0.283. The molecule has 0 radical (unpaired) electrons. The molecule has 0 N–H and O–H groups in total. The van der Waals surface area contributed by atoms with Gasteiger partial charge in [0.25, 0.3) is 0 Å². The summed E-state index contributed by atoms with van der Waals surface area (Å²) in [4.78, 5) is 0. The molecular formula is C15H30BF4P. The molecule has 1 unspecified atom stereocenters. The summed E-state index contributed by atoms with van der Waals surface area (Å²) in [5.41, 5.74) is 1.11. The van der Waals surface area contributed by atoms with E-state index >= 15 is 0 Å². The van der Waals surface area contributed by atoms with Crippen molar-refractivity contribution in [1.29, 1.82) is 0 Å². The van der Waals surface area contributed by atoms with E-state index in [1.165, 1.54) is 0 Å². The van der Waals surface area contributed by atoms with Crippen LogP contribution in [0.3, 0.4) is 0 Å². The van der Waals surface area contributed by atoms with E-state index in [1.807, 2.05) is 0 Å². The van der Waals surface area contributed by atoms with Crippen molar-refractivity contribution >= 4 is 15.2 Å². The van der Waals surface area contributed by atoms with Gasteiger partial charge in [-0.25, -0.2) is 0 Å². The molecule has 0 aromatic carbocycles. The van der Waals surface area contributed by atoms with E-state index in [0.29, 0.717) is 10.3 Å². The van der Waals surface area contributed by atoms with Gasteiger partial charge in [-0.05, 0) is 79.1 Å². The minimum atomic E-state index is -6.00. The van der Waals surface area contributed by atoms with E-state index in [0.717, 1.165) is 17.5 Å². The quantitative estimate of drug-likeness (QED) is 0.302. The lowest BCUT2D eigenvalue weighted by atomic mass is 10.0. The summed E-state index contributed by atoms with van der Waals surface area (Å²) >= 11 is 0. The summed E-state index contributed by atoms with van der Waals surface area (Å²) in [7, 11) is -6.28. The first kappa shape index (κ1) is 19.3. The van der Waals surface area contributed by atoms with Crippen molar-refractivity contribution in [2.24, 2.45) is 11.8 Å². The van der Waals surface area contributed by atoms with Gasteiger partial charge in [0, 0.05) is 7.92 Å². The summed E-state index contributed by atoms with van der Waals surface area (Å²) in [6.07, 6.45) is 6.25. The van der Waals surface area contributed by atoms with Gasteiger partial charge < -0.3 is 17.3 Å². The molecule has 0 aromatic rings. The predicted octanol–water partition coefficient (Wildman–Crippen LogP) is 6.29. The first-order valence-electron chi connectivity index (χ1n) is 7.94. The van der Waals surface area contributed by atoms with Crippen molar-refractivity contribution in [3.05, 3.63) is 0 Å². The SMILES string of the molecule is CC(C)(C)[PH+](C1C[C@@H]2CC[C@H]1C2)C(C)(C)C.F[B-](F)(F)F. The fraction of sp³-hybridized carbons (Fsp3) is 1.00. The standard InChI is InChI=1S/C15H29P.BF4/c1-14(2,3)16(15(4,5)6)13-10-11-7-8-12(13)9-11;2-1(3,4)5/h11-13H,7-10H2,1-6H3;/q;-1/p+1/t11-,12+,13?;/m1./s1. The molecule has 0 saturated heterocycles. The van der Waals surface area contributed by atoms with Crippen molar-refractivity contribution in [2.45, 2.75) is 83.2 Å². The second-order valence-corrected chi connectivity index (χ2v) is 13.3. The Morgan fingerprint density at radius 1 is 0.810 bits per heavy atom. The molecule has 0 spiro atoms. The lowest BCUT2D eigenvalue weighted by Crippen LogP contribution is -2.33. The van der Waals surface area contributed by atoms with Gasteiger partial charge in [0.15, 0.2) is 0 Å². The lowest BCUT2D eigenvalue weighted by molar-refractivity contribution is 0.368. The second kappa shape index (κ2) is 6.38. The summed E-state index contributed by atoms with van der Waals surface area (Å²) in [6.45, 7) is 15.0. The molecule has 3 atom stereocenters. The molecule has 2 fully saturated rings. The Morgan fingerprint density at radius 2 is 1.24 bits per heavy atom. The Bertz CT molecular complexity index is 323. The average molecular weight is 328 g/mol. The van der Waals surface area contributed by atoms with Gasteiger partial charge in [0.1, 0.15) is 0 Å². The van der Waals surface area contributed by atoms with Gasteiger partial charge in [-0.1, -0.05) is 0 Å². The van der Waals surface area contributed by atoms with E-state index in [2.05, 4.69) is 41.5 Å². The van der Waals surface area contributed by atoms with Crippen LogP contribution in [0.2, 0.25) is 0 Å². The van der Waals surface area contributed by atoms with E-state index in [9.17, 15) is 17.3 Å². The molecule has 0 aromatic heterocycles. The molecule has 0 aliphatic heterocycles. The number of fused-ring (bicyclic) bond motifs is 2. The zero-order chi connectivity index (χ0) is 16.6. The number of hydrogen-bond acceptors (Lipinski definition) is 0. The van der Waals surface area contributed by atoms with Crippen LogP contribution in [0, 0.1) is 11.8 Å². The van der Waals surface area contributed by atoms with Crippen molar-refractivity contribution in [3.8, 4) is 0 Å². The molecule has 21 heavy (non-hydrogen) atoms. The highest BCUT2D eigenvalue weighted by molar-refractivity contribution is 7.61. The van der Waals surface area contributed by atoms with Crippen LogP contribution in [0.1, 0.15) is 67.2 Å².